The minimum atomic E-state index is -1.06. The van der Waals surface area contributed by atoms with Gasteiger partial charge >= 0.3 is 6.01 Å². The summed E-state index contributed by atoms with van der Waals surface area (Å²) in [5.74, 6) is -2.60. The molecular weight excluding hydrogens is 423 g/mol. The van der Waals surface area contributed by atoms with E-state index in [1.165, 1.54) is 24.6 Å². The van der Waals surface area contributed by atoms with Crippen molar-refractivity contribution in [2.24, 2.45) is 0 Å². The lowest BCUT2D eigenvalue weighted by molar-refractivity contribution is -0.00627. The topological polar surface area (TPSA) is 75.5 Å². The van der Waals surface area contributed by atoms with E-state index in [2.05, 4.69) is 25.7 Å². The van der Waals surface area contributed by atoms with Gasteiger partial charge in [-0.2, -0.15) is 0 Å². The zero-order valence-corrected chi connectivity index (χ0v) is 17.6. The summed E-state index contributed by atoms with van der Waals surface area (Å²) in [4.78, 5) is 2.08. The fraction of sp³-hybridized carbons (Fsp3) is 0.364. The molecule has 1 saturated heterocycles. The number of hydrogen-bond acceptors (Lipinski definition) is 7. The van der Waals surface area contributed by atoms with Gasteiger partial charge in [-0.05, 0) is 35.7 Å². The molecule has 2 N–H and O–H groups in total. The van der Waals surface area contributed by atoms with Gasteiger partial charge in [0.1, 0.15) is 5.82 Å². The van der Waals surface area contributed by atoms with Crippen LogP contribution < -0.4 is 10.6 Å². The van der Waals surface area contributed by atoms with Gasteiger partial charge in [-0.15, -0.1) is 5.10 Å². The molecule has 170 valence electrons. The molecule has 0 spiro atoms. The summed E-state index contributed by atoms with van der Waals surface area (Å²) >= 11 is 0. The van der Waals surface area contributed by atoms with Crippen molar-refractivity contribution in [1.29, 1.82) is 0 Å². The quantitative estimate of drug-likeness (QED) is 0.534. The molecule has 0 saturated carbocycles. The highest BCUT2D eigenvalue weighted by atomic mass is 19.2. The lowest BCUT2D eigenvalue weighted by Crippen LogP contribution is -2.42. The number of nitrogens with one attached hydrogen (secondary N) is 2. The summed E-state index contributed by atoms with van der Waals surface area (Å²) in [5.41, 5.74) is 1.28. The summed E-state index contributed by atoms with van der Waals surface area (Å²) in [5, 5.41) is 13.2. The maximum atomic E-state index is 14.9. The molecule has 10 heteroatoms. The first-order valence-electron chi connectivity index (χ1n) is 10.4. The van der Waals surface area contributed by atoms with E-state index in [0.717, 1.165) is 11.6 Å². The van der Waals surface area contributed by atoms with Gasteiger partial charge in [0.15, 0.2) is 11.6 Å². The van der Waals surface area contributed by atoms with E-state index in [1.54, 1.807) is 6.07 Å². The molecule has 1 fully saturated rings. The van der Waals surface area contributed by atoms with Gasteiger partial charge in [0.25, 0.3) is 0 Å². The second kappa shape index (κ2) is 10.0. The number of morpholine rings is 1. The number of anilines is 3. The molecule has 7 nitrogen and oxygen atoms in total. The van der Waals surface area contributed by atoms with E-state index >= 15 is 0 Å². The normalized spacial score (nSPS) is 16.8. The molecule has 32 heavy (non-hydrogen) atoms. The second-order valence-corrected chi connectivity index (χ2v) is 7.42. The molecule has 4 rings (SSSR count). The Morgan fingerprint density at radius 2 is 2.03 bits per heavy atom. The molecule has 2 heterocycles. The number of benzene rings is 2. The molecule has 1 atom stereocenters. The third kappa shape index (κ3) is 4.86. The molecule has 0 amide bonds. The van der Waals surface area contributed by atoms with E-state index in [-0.39, 0.29) is 24.0 Å². The van der Waals surface area contributed by atoms with Gasteiger partial charge in [0.2, 0.25) is 6.39 Å². The van der Waals surface area contributed by atoms with Crippen LogP contribution in [0.15, 0.2) is 41.1 Å². The van der Waals surface area contributed by atoms with Crippen molar-refractivity contribution in [2.75, 3.05) is 43.5 Å². The molecule has 0 aliphatic carbocycles. The Balaban J connectivity index is 1.59. The Kier molecular flexibility index (Phi) is 6.91. The van der Waals surface area contributed by atoms with Crippen LogP contribution in [0, 0.1) is 17.5 Å². The van der Waals surface area contributed by atoms with E-state index in [9.17, 15) is 13.2 Å². The molecule has 1 aliphatic rings. The van der Waals surface area contributed by atoms with Crippen molar-refractivity contribution in [1.82, 2.24) is 15.1 Å². The molecule has 1 aromatic heterocycles. The average Bonchev–Trinajstić information content (AvgIpc) is 3.32. The van der Waals surface area contributed by atoms with Gasteiger partial charge in [0.05, 0.1) is 30.6 Å². The number of halogens is 3. The van der Waals surface area contributed by atoms with Crippen molar-refractivity contribution in [3.05, 3.63) is 65.3 Å². The van der Waals surface area contributed by atoms with Crippen LogP contribution in [0.2, 0.25) is 0 Å². The van der Waals surface area contributed by atoms with Gasteiger partial charge in [-0.1, -0.05) is 24.2 Å². The molecule has 1 unspecified atom stereocenters. The number of nitrogens with zero attached hydrogens (tertiary/aromatic N) is 3. The molecule has 0 bridgehead atoms. The number of rotatable bonds is 8. The third-order valence-corrected chi connectivity index (χ3v) is 5.46. The van der Waals surface area contributed by atoms with Gasteiger partial charge in [0, 0.05) is 19.6 Å². The standard InChI is InChI=1S/C22H24F3N5O2/c1-2-14-3-6-18(17(24)11-14)28-21-15(4-5-16(23)20(21)25)19-12-31-10-9-30(19)8-7-26-22-29-27-13-32-22/h3-6,11,13,19,28H,2,7-10,12H2,1H3,(H,26,29). The van der Waals surface area contributed by atoms with Crippen LogP contribution in [-0.2, 0) is 11.2 Å². The Hall–Kier alpha value is -3.11. The Morgan fingerprint density at radius 3 is 2.78 bits per heavy atom. The molecule has 2 aromatic carbocycles. The van der Waals surface area contributed by atoms with E-state index in [0.29, 0.717) is 44.2 Å². The maximum absolute atomic E-state index is 14.9. The van der Waals surface area contributed by atoms with E-state index < -0.39 is 17.5 Å². The minimum absolute atomic E-state index is 0.0780. The van der Waals surface area contributed by atoms with Crippen molar-refractivity contribution in [3.8, 4) is 0 Å². The summed E-state index contributed by atoms with van der Waals surface area (Å²) in [6, 6.07) is 7.21. The van der Waals surface area contributed by atoms with E-state index in [1.807, 2.05) is 6.92 Å². The van der Waals surface area contributed by atoms with Crippen molar-refractivity contribution in [2.45, 2.75) is 19.4 Å². The number of hydrogen-bond donors (Lipinski definition) is 2. The molecule has 0 radical (unpaired) electrons. The maximum Gasteiger partial charge on any atom is 0.315 e. The smallest absolute Gasteiger partial charge is 0.315 e. The monoisotopic (exact) mass is 447 g/mol. The minimum Gasteiger partial charge on any atom is -0.411 e. The van der Waals surface area contributed by atoms with Crippen LogP contribution in [0.1, 0.15) is 24.1 Å². The average molecular weight is 447 g/mol. The number of aryl methyl sites for hydroxylation is 1. The Bertz CT molecular complexity index is 1050. The highest BCUT2D eigenvalue weighted by Gasteiger charge is 2.29. The van der Waals surface area contributed by atoms with Crippen molar-refractivity contribution in [3.63, 3.8) is 0 Å². The van der Waals surface area contributed by atoms with Crippen LogP contribution in [0.3, 0.4) is 0 Å². The number of ether oxygens (including phenoxy) is 1. The van der Waals surface area contributed by atoms with E-state index in [4.69, 9.17) is 9.15 Å². The largest absolute Gasteiger partial charge is 0.411 e. The van der Waals surface area contributed by atoms with Crippen LogP contribution in [-0.4, -0.2) is 47.9 Å². The first kappa shape index (κ1) is 22.1. The van der Waals surface area contributed by atoms with Gasteiger partial charge in [-0.3, -0.25) is 4.90 Å². The first-order chi connectivity index (χ1) is 15.6. The summed E-state index contributed by atoms with van der Waals surface area (Å²) in [6.45, 7) is 4.37. The lowest BCUT2D eigenvalue weighted by atomic mass is 10.0. The van der Waals surface area contributed by atoms with Crippen molar-refractivity contribution < 1.29 is 22.3 Å². The summed E-state index contributed by atoms with van der Waals surface area (Å²) in [6.07, 6.45) is 1.90. The van der Waals surface area contributed by atoms with Crippen LogP contribution in [0.5, 0.6) is 0 Å². The zero-order chi connectivity index (χ0) is 22.5. The predicted octanol–water partition coefficient (Wildman–Crippen LogP) is 4.28. The van der Waals surface area contributed by atoms with Gasteiger partial charge < -0.3 is 19.8 Å². The first-order valence-corrected chi connectivity index (χ1v) is 10.4. The van der Waals surface area contributed by atoms with Crippen LogP contribution in [0.4, 0.5) is 30.6 Å². The molecule has 1 aliphatic heterocycles. The predicted molar refractivity (Wildman–Crippen MR) is 113 cm³/mol. The lowest BCUT2D eigenvalue weighted by Gasteiger charge is -2.36. The highest BCUT2D eigenvalue weighted by Crippen LogP contribution is 2.35. The second-order valence-electron chi connectivity index (χ2n) is 7.42. The third-order valence-electron chi connectivity index (χ3n) is 5.46. The molecular formula is C22H24F3N5O2. The Morgan fingerprint density at radius 1 is 1.16 bits per heavy atom. The Labute approximate surface area is 183 Å². The number of aromatic nitrogens is 2. The summed E-state index contributed by atoms with van der Waals surface area (Å²) in [7, 11) is 0. The van der Waals surface area contributed by atoms with Crippen molar-refractivity contribution >= 4 is 17.4 Å². The van der Waals surface area contributed by atoms with Crippen LogP contribution >= 0.6 is 0 Å². The fourth-order valence-electron chi connectivity index (χ4n) is 3.73. The zero-order valence-electron chi connectivity index (χ0n) is 17.6. The highest BCUT2D eigenvalue weighted by molar-refractivity contribution is 5.65. The molecule has 3 aromatic rings. The van der Waals surface area contributed by atoms with Gasteiger partial charge in [-0.25, -0.2) is 13.2 Å². The summed E-state index contributed by atoms with van der Waals surface area (Å²) < 4.78 is 54.3. The SMILES string of the molecule is CCc1ccc(Nc2c(C3COCCN3CCNc3nnco3)ccc(F)c2F)c(F)c1. The van der Waals surface area contributed by atoms with Crippen LogP contribution in [0.25, 0.3) is 0 Å². The fourth-order valence-corrected chi connectivity index (χ4v) is 3.73.